The van der Waals surface area contributed by atoms with E-state index in [-0.39, 0.29) is 4.88 Å². The van der Waals surface area contributed by atoms with Gasteiger partial charge in [0.25, 0.3) is 5.91 Å². The first-order chi connectivity index (χ1) is 9.52. The van der Waals surface area contributed by atoms with Crippen LogP contribution in [0.15, 0.2) is 11.4 Å². The van der Waals surface area contributed by atoms with Gasteiger partial charge in [0.2, 0.25) is 0 Å². The van der Waals surface area contributed by atoms with E-state index < -0.39 is 30.1 Å². The van der Waals surface area contributed by atoms with E-state index in [1.807, 2.05) is 0 Å². The Labute approximate surface area is 118 Å². The van der Waals surface area contributed by atoms with E-state index in [1.165, 1.54) is 7.11 Å². The molecule has 0 radical (unpaired) electrons. The van der Waals surface area contributed by atoms with E-state index in [9.17, 15) is 14.4 Å². The lowest BCUT2D eigenvalue weighted by Crippen LogP contribution is -2.30. The number of nitrogens with one attached hydrogen (secondary N) is 1. The lowest BCUT2D eigenvalue weighted by atomic mass is 10.2. The minimum absolute atomic E-state index is 0.286. The molecule has 2 rings (SSSR count). The van der Waals surface area contributed by atoms with Crippen molar-refractivity contribution in [1.82, 2.24) is 0 Å². The molecule has 1 amide bonds. The summed E-state index contributed by atoms with van der Waals surface area (Å²) in [5.41, 5.74) is 0.342. The number of amides is 1. The first-order valence-electron chi connectivity index (χ1n) is 5.88. The highest BCUT2D eigenvalue weighted by Gasteiger charge is 2.35. The number of carboxylic acids is 1. The Morgan fingerprint density at radius 1 is 1.40 bits per heavy atom. The van der Waals surface area contributed by atoms with E-state index in [4.69, 9.17) is 9.84 Å². The molecule has 1 aliphatic heterocycles. The summed E-state index contributed by atoms with van der Waals surface area (Å²) in [5.74, 6) is -2.07. The molecule has 2 N–H and O–H groups in total. The molecule has 1 aromatic heterocycles. The maximum atomic E-state index is 12.0. The molecule has 20 heavy (non-hydrogen) atoms. The van der Waals surface area contributed by atoms with Crippen LogP contribution in [0, 0.1) is 0 Å². The van der Waals surface area contributed by atoms with Crippen LogP contribution in [-0.2, 0) is 19.1 Å². The van der Waals surface area contributed by atoms with Gasteiger partial charge in [0.15, 0.2) is 6.10 Å². The maximum absolute atomic E-state index is 12.0. The maximum Gasteiger partial charge on any atom is 0.350 e. The van der Waals surface area contributed by atoms with E-state index >= 15 is 0 Å². The number of aliphatic carboxylic acids is 1. The molecule has 7 nitrogen and oxygen atoms in total. The molecule has 0 spiro atoms. The van der Waals surface area contributed by atoms with Crippen molar-refractivity contribution in [1.29, 1.82) is 0 Å². The standard InChI is InChI=1S/C12H13NO6S/c1-18-12(17)9-6(4-5-20-9)13-10(14)7-2-3-8(19-7)11(15)16/h4-5,7-8H,2-3H2,1H3,(H,13,14)(H,15,16)/t7-,8+/m0/s1. The van der Waals surface area contributed by atoms with Gasteiger partial charge in [-0.25, -0.2) is 9.59 Å². The molecule has 0 bridgehead atoms. The summed E-state index contributed by atoms with van der Waals surface area (Å²) in [5, 5.41) is 13.0. The second kappa shape index (κ2) is 6.02. The number of hydrogen-bond acceptors (Lipinski definition) is 6. The van der Waals surface area contributed by atoms with Crippen LogP contribution in [0.1, 0.15) is 22.5 Å². The molecular weight excluding hydrogens is 286 g/mol. The van der Waals surface area contributed by atoms with Crippen LogP contribution in [-0.4, -0.2) is 42.3 Å². The molecular formula is C12H13NO6S. The van der Waals surface area contributed by atoms with E-state index in [2.05, 4.69) is 10.1 Å². The van der Waals surface area contributed by atoms with Crippen LogP contribution in [0.25, 0.3) is 0 Å². The van der Waals surface area contributed by atoms with Crippen LogP contribution >= 0.6 is 11.3 Å². The predicted octanol–water partition coefficient (Wildman–Crippen LogP) is 1.11. The molecule has 0 aromatic carbocycles. The normalized spacial score (nSPS) is 21.4. The lowest BCUT2D eigenvalue weighted by molar-refractivity contribution is -0.150. The van der Waals surface area contributed by atoms with Gasteiger partial charge < -0.3 is 19.9 Å². The molecule has 1 aliphatic rings. The van der Waals surface area contributed by atoms with Crippen LogP contribution in [0.5, 0.6) is 0 Å². The van der Waals surface area contributed by atoms with E-state index in [1.54, 1.807) is 11.4 Å². The molecule has 8 heteroatoms. The Morgan fingerprint density at radius 3 is 2.70 bits per heavy atom. The van der Waals surface area contributed by atoms with Crippen LogP contribution in [0.3, 0.4) is 0 Å². The van der Waals surface area contributed by atoms with Gasteiger partial charge in [-0.05, 0) is 24.3 Å². The number of carbonyl (C=O) groups is 3. The monoisotopic (exact) mass is 299 g/mol. The summed E-state index contributed by atoms with van der Waals surface area (Å²) in [7, 11) is 1.26. The fourth-order valence-corrected chi connectivity index (χ4v) is 2.65. The fourth-order valence-electron chi connectivity index (χ4n) is 1.88. The number of anilines is 1. The van der Waals surface area contributed by atoms with Crippen molar-refractivity contribution in [2.45, 2.75) is 25.0 Å². The third-order valence-electron chi connectivity index (χ3n) is 2.88. The van der Waals surface area contributed by atoms with Crippen LogP contribution < -0.4 is 5.32 Å². The summed E-state index contributed by atoms with van der Waals surface area (Å²) in [4.78, 5) is 34.5. The van der Waals surface area contributed by atoms with Gasteiger partial charge >= 0.3 is 11.9 Å². The Hall–Kier alpha value is -1.93. The average molecular weight is 299 g/mol. The average Bonchev–Trinajstić information content (AvgIpc) is 3.06. The zero-order valence-corrected chi connectivity index (χ0v) is 11.4. The Bertz CT molecular complexity index is 540. The minimum Gasteiger partial charge on any atom is -0.479 e. The van der Waals surface area contributed by atoms with Crippen molar-refractivity contribution in [3.63, 3.8) is 0 Å². The summed E-state index contributed by atoms with van der Waals surface area (Å²) in [6, 6.07) is 1.58. The number of rotatable bonds is 4. The predicted molar refractivity (Wildman–Crippen MR) is 69.8 cm³/mol. The SMILES string of the molecule is COC(=O)c1sccc1NC(=O)[C@@H]1CC[C@H](C(=O)O)O1. The van der Waals surface area contributed by atoms with Crippen molar-refractivity contribution in [3.8, 4) is 0 Å². The quantitative estimate of drug-likeness (QED) is 0.807. The van der Waals surface area contributed by atoms with Crippen molar-refractivity contribution in [3.05, 3.63) is 16.3 Å². The highest BCUT2D eigenvalue weighted by Crippen LogP contribution is 2.25. The summed E-state index contributed by atoms with van der Waals surface area (Å²) in [6.45, 7) is 0. The smallest absolute Gasteiger partial charge is 0.350 e. The van der Waals surface area contributed by atoms with E-state index in [0.717, 1.165) is 11.3 Å². The number of thiophene rings is 1. The number of esters is 1. The molecule has 1 aromatic rings. The molecule has 0 aliphatic carbocycles. The molecule has 0 saturated carbocycles. The number of carbonyl (C=O) groups excluding carboxylic acids is 2. The van der Waals surface area contributed by atoms with Gasteiger partial charge in [0, 0.05) is 0 Å². The highest BCUT2D eigenvalue weighted by atomic mass is 32.1. The number of carboxylic acid groups (broad SMARTS) is 1. The number of ether oxygens (including phenoxy) is 2. The molecule has 2 atom stereocenters. The second-order valence-corrected chi connectivity index (χ2v) is 5.09. The van der Waals surface area contributed by atoms with Crippen molar-refractivity contribution >= 4 is 34.9 Å². The zero-order chi connectivity index (χ0) is 14.7. The van der Waals surface area contributed by atoms with Gasteiger partial charge in [0.1, 0.15) is 11.0 Å². The van der Waals surface area contributed by atoms with Gasteiger partial charge in [-0.3, -0.25) is 4.79 Å². The Balaban J connectivity index is 2.01. The van der Waals surface area contributed by atoms with Crippen LogP contribution in [0.4, 0.5) is 5.69 Å². The van der Waals surface area contributed by atoms with Gasteiger partial charge in [-0.2, -0.15) is 0 Å². The summed E-state index contributed by atoms with van der Waals surface area (Å²) in [6.07, 6.45) is -1.14. The Kier molecular flexibility index (Phi) is 4.35. The second-order valence-electron chi connectivity index (χ2n) is 4.17. The zero-order valence-electron chi connectivity index (χ0n) is 10.6. The van der Waals surface area contributed by atoms with Crippen LogP contribution in [0.2, 0.25) is 0 Å². The van der Waals surface area contributed by atoms with Crippen molar-refractivity contribution in [2.75, 3.05) is 12.4 Å². The highest BCUT2D eigenvalue weighted by molar-refractivity contribution is 7.12. The van der Waals surface area contributed by atoms with Crippen molar-refractivity contribution < 1.29 is 29.0 Å². The largest absolute Gasteiger partial charge is 0.479 e. The molecule has 1 fully saturated rings. The van der Waals surface area contributed by atoms with Crippen molar-refractivity contribution in [2.24, 2.45) is 0 Å². The lowest BCUT2D eigenvalue weighted by Gasteiger charge is -2.11. The minimum atomic E-state index is -1.08. The molecule has 1 saturated heterocycles. The third kappa shape index (κ3) is 2.97. The van der Waals surface area contributed by atoms with Gasteiger partial charge in [-0.1, -0.05) is 0 Å². The van der Waals surface area contributed by atoms with E-state index in [0.29, 0.717) is 18.5 Å². The topological polar surface area (TPSA) is 102 Å². The third-order valence-corrected chi connectivity index (χ3v) is 3.78. The Morgan fingerprint density at radius 2 is 2.10 bits per heavy atom. The summed E-state index contributed by atoms with van der Waals surface area (Å²) < 4.78 is 9.74. The fraction of sp³-hybridized carbons (Fsp3) is 0.417. The first-order valence-corrected chi connectivity index (χ1v) is 6.76. The molecule has 108 valence electrons. The number of methoxy groups -OCH3 is 1. The molecule has 2 heterocycles. The molecule has 0 unspecified atom stereocenters. The van der Waals surface area contributed by atoms with Gasteiger partial charge in [-0.15, -0.1) is 11.3 Å². The number of hydrogen-bond donors (Lipinski definition) is 2. The summed E-state index contributed by atoms with van der Waals surface area (Å²) >= 11 is 1.15. The van der Waals surface area contributed by atoms with Gasteiger partial charge in [0.05, 0.1) is 12.8 Å². The first kappa shape index (κ1) is 14.5.